The van der Waals surface area contributed by atoms with Crippen LogP contribution in [0.15, 0.2) is 4.99 Å². The molecule has 0 aromatic heterocycles. The van der Waals surface area contributed by atoms with E-state index in [-0.39, 0.29) is 0 Å². The molecule has 0 saturated carbocycles. The molecule has 0 radical (unpaired) electrons. The molecule has 0 amide bonds. The van der Waals surface area contributed by atoms with E-state index in [0.717, 1.165) is 13.0 Å². The van der Waals surface area contributed by atoms with Crippen molar-refractivity contribution in [1.29, 1.82) is 0 Å². The lowest BCUT2D eigenvalue weighted by molar-refractivity contribution is 0.140. The number of amidine groups is 1. The van der Waals surface area contributed by atoms with Crippen molar-refractivity contribution >= 4 is 5.84 Å². The fraction of sp³-hybridized carbons (Fsp3) is 0.971. The number of rotatable bonds is 30. The summed E-state index contributed by atoms with van der Waals surface area (Å²) >= 11 is 0. The van der Waals surface area contributed by atoms with Gasteiger partial charge >= 0.3 is 0 Å². The van der Waals surface area contributed by atoms with E-state index in [2.05, 4.69) is 45.1 Å². The van der Waals surface area contributed by atoms with E-state index in [4.69, 9.17) is 4.99 Å². The van der Waals surface area contributed by atoms with E-state index < -0.39 is 0 Å². The summed E-state index contributed by atoms with van der Waals surface area (Å²) in [4.78, 5) is 4.91. The highest BCUT2D eigenvalue weighted by Crippen LogP contribution is 2.17. The number of hydrogen-bond donors (Lipinski definition) is 1. The third-order valence-corrected chi connectivity index (χ3v) is 8.23. The first-order valence-corrected chi connectivity index (χ1v) is 17.8. The molecule has 0 spiro atoms. The highest BCUT2D eigenvalue weighted by molar-refractivity contribution is 5.81. The normalized spacial score (nSPS) is 12.9. The Kier molecular flexibility index (Phi) is 30.5. The van der Waals surface area contributed by atoms with Crippen LogP contribution in [0.3, 0.4) is 0 Å². The fourth-order valence-corrected chi connectivity index (χ4v) is 5.49. The maximum Gasteiger partial charge on any atom is 0.110 e. The van der Waals surface area contributed by atoms with Crippen molar-refractivity contribution in [3.8, 4) is 0 Å². The van der Waals surface area contributed by atoms with E-state index in [0.29, 0.717) is 6.04 Å². The van der Waals surface area contributed by atoms with Gasteiger partial charge in [0.15, 0.2) is 0 Å². The number of hydrazine groups is 1. The average Bonchev–Trinajstić information content (AvgIpc) is 2.93. The van der Waals surface area contributed by atoms with Crippen LogP contribution < -0.4 is 5.43 Å². The van der Waals surface area contributed by atoms with Crippen molar-refractivity contribution < 1.29 is 0 Å². The molecule has 0 rings (SSSR count). The lowest BCUT2D eigenvalue weighted by Gasteiger charge is -2.33. The van der Waals surface area contributed by atoms with Crippen LogP contribution in [-0.4, -0.2) is 30.0 Å². The van der Waals surface area contributed by atoms with Gasteiger partial charge in [-0.3, -0.25) is 4.99 Å². The van der Waals surface area contributed by atoms with Crippen LogP contribution in [0, 0.1) is 0 Å². The summed E-state index contributed by atoms with van der Waals surface area (Å²) in [5.74, 6) is 1.20. The molecule has 228 valence electrons. The summed E-state index contributed by atoms with van der Waals surface area (Å²) in [7, 11) is 0. The molecular formula is C35H73N3. The van der Waals surface area contributed by atoms with Crippen molar-refractivity contribution in [2.45, 2.75) is 208 Å². The summed E-state index contributed by atoms with van der Waals surface area (Å²) in [5, 5.41) is 2.59. The molecule has 0 heterocycles. The second kappa shape index (κ2) is 31.0. The van der Waals surface area contributed by atoms with Gasteiger partial charge in [-0.15, -0.1) is 0 Å². The van der Waals surface area contributed by atoms with Gasteiger partial charge in [0.2, 0.25) is 0 Å². The maximum atomic E-state index is 4.91. The molecule has 0 aromatic rings. The fourth-order valence-electron chi connectivity index (χ4n) is 5.49. The first kappa shape index (κ1) is 37.4. The zero-order valence-corrected chi connectivity index (χ0v) is 27.3. The number of unbranched alkanes of at least 4 members (excludes halogenated alkanes) is 20. The Labute approximate surface area is 241 Å². The zero-order chi connectivity index (χ0) is 27.9. The Morgan fingerprint density at radius 3 is 1.37 bits per heavy atom. The van der Waals surface area contributed by atoms with Crippen LogP contribution in [0.4, 0.5) is 0 Å². The quantitative estimate of drug-likeness (QED) is 0.0428. The minimum absolute atomic E-state index is 0.634. The Morgan fingerprint density at radius 1 is 0.526 bits per heavy atom. The largest absolute Gasteiger partial charge is 0.307 e. The molecule has 0 bridgehead atoms. The van der Waals surface area contributed by atoms with Crippen LogP contribution in [0.25, 0.3) is 0 Å². The topological polar surface area (TPSA) is 27.6 Å². The molecule has 1 atom stereocenters. The number of hydrogen-bond acceptors (Lipinski definition) is 2. The van der Waals surface area contributed by atoms with E-state index in [9.17, 15) is 0 Å². The summed E-state index contributed by atoms with van der Waals surface area (Å²) in [5.41, 5.74) is 3.82. The summed E-state index contributed by atoms with van der Waals surface area (Å²) < 4.78 is 0. The Hall–Kier alpha value is -0.570. The van der Waals surface area contributed by atoms with Crippen molar-refractivity contribution in [1.82, 2.24) is 10.4 Å². The standard InChI is InChI=1S/C35H73N3/c1-6-11-14-16-18-20-21-22-24-26-28-30-33-38(37-35(10-5)36-32-13-8-3)34(9-4)31-29-27-25-23-19-17-15-12-7-2/h34H,6-33H2,1-5H3,(H,36,37). The minimum Gasteiger partial charge on any atom is -0.307 e. The van der Waals surface area contributed by atoms with Gasteiger partial charge in [0.1, 0.15) is 5.84 Å². The molecule has 3 nitrogen and oxygen atoms in total. The van der Waals surface area contributed by atoms with Crippen molar-refractivity contribution in [3.63, 3.8) is 0 Å². The van der Waals surface area contributed by atoms with Crippen molar-refractivity contribution in [3.05, 3.63) is 0 Å². The predicted octanol–water partition coefficient (Wildman–Crippen LogP) is 11.8. The van der Waals surface area contributed by atoms with Gasteiger partial charge in [-0.05, 0) is 25.7 Å². The molecule has 0 saturated heterocycles. The first-order valence-electron chi connectivity index (χ1n) is 17.8. The molecule has 0 aliphatic heterocycles. The van der Waals surface area contributed by atoms with E-state index in [1.807, 2.05) is 0 Å². The number of nitrogens with zero attached hydrogens (tertiary/aromatic N) is 2. The molecule has 3 heteroatoms. The predicted molar refractivity (Wildman–Crippen MR) is 174 cm³/mol. The minimum atomic E-state index is 0.634. The van der Waals surface area contributed by atoms with Crippen LogP contribution >= 0.6 is 0 Å². The van der Waals surface area contributed by atoms with Crippen LogP contribution in [0.1, 0.15) is 202 Å². The highest BCUT2D eigenvalue weighted by Gasteiger charge is 2.17. The van der Waals surface area contributed by atoms with Gasteiger partial charge in [0.05, 0.1) is 0 Å². The van der Waals surface area contributed by atoms with Crippen LogP contribution in [0.2, 0.25) is 0 Å². The van der Waals surface area contributed by atoms with Gasteiger partial charge in [-0.2, -0.15) is 0 Å². The molecular weight excluding hydrogens is 462 g/mol. The first-order chi connectivity index (χ1) is 18.7. The van der Waals surface area contributed by atoms with Gasteiger partial charge in [-0.25, -0.2) is 5.01 Å². The maximum absolute atomic E-state index is 4.91. The van der Waals surface area contributed by atoms with Crippen molar-refractivity contribution in [2.75, 3.05) is 13.1 Å². The highest BCUT2D eigenvalue weighted by atomic mass is 15.5. The van der Waals surface area contributed by atoms with Gasteiger partial charge < -0.3 is 5.43 Å². The smallest absolute Gasteiger partial charge is 0.110 e. The summed E-state index contributed by atoms with van der Waals surface area (Å²) in [6.07, 6.45) is 35.7. The SMILES string of the molecule is CCCCCCCCCCCCCCN(NC(CC)=NCCCC)C(CC)CCCCCCCCCCC. The van der Waals surface area contributed by atoms with Gasteiger partial charge in [0, 0.05) is 25.6 Å². The zero-order valence-electron chi connectivity index (χ0n) is 27.3. The molecule has 1 N–H and O–H groups in total. The van der Waals surface area contributed by atoms with Crippen LogP contribution in [-0.2, 0) is 0 Å². The van der Waals surface area contributed by atoms with E-state index in [1.54, 1.807) is 0 Å². The summed E-state index contributed by atoms with van der Waals surface area (Å²) in [6.45, 7) is 13.6. The summed E-state index contributed by atoms with van der Waals surface area (Å²) in [6, 6.07) is 0.634. The molecule has 0 aromatic carbocycles. The average molecular weight is 536 g/mol. The van der Waals surface area contributed by atoms with Gasteiger partial charge in [-0.1, -0.05) is 169 Å². The lowest BCUT2D eigenvalue weighted by Crippen LogP contribution is -2.48. The third kappa shape index (κ3) is 24.5. The van der Waals surface area contributed by atoms with Gasteiger partial charge in [0.25, 0.3) is 0 Å². The molecule has 0 aliphatic rings. The Balaban J connectivity index is 4.39. The van der Waals surface area contributed by atoms with E-state index in [1.165, 1.54) is 173 Å². The van der Waals surface area contributed by atoms with Crippen molar-refractivity contribution in [2.24, 2.45) is 4.99 Å². The monoisotopic (exact) mass is 536 g/mol. The third-order valence-electron chi connectivity index (χ3n) is 8.23. The Bertz CT molecular complexity index is 476. The number of aliphatic imine (C=N–C) groups is 1. The Morgan fingerprint density at radius 2 is 0.947 bits per heavy atom. The lowest BCUT2D eigenvalue weighted by atomic mass is 10.0. The van der Waals surface area contributed by atoms with Crippen LogP contribution in [0.5, 0.6) is 0 Å². The molecule has 0 aliphatic carbocycles. The van der Waals surface area contributed by atoms with E-state index >= 15 is 0 Å². The molecule has 38 heavy (non-hydrogen) atoms. The number of nitrogens with one attached hydrogen (secondary N) is 1. The second-order valence-corrected chi connectivity index (χ2v) is 11.9. The molecule has 1 unspecified atom stereocenters. The molecule has 0 fully saturated rings. The second-order valence-electron chi connectivity index (χ2n) is 11.9.